The summed E-state index contributed by atoms with van der Waals surface area (Å²) < 4.78 is 50.7. The minimum atomic E-state index is -4.73. The number of alkyl halides is 3. The Kier molecular flexibility index (Phi) is 3.76. The lowest BCUT2D eigenvalue weighted by Gasteiger charge is -2.08. The van der Waals surface area contributed by atoms with Crippen molar-refractivity contribution in [2.75, 3.05) is 5.32 Å². The monoisotopic (exact) mass is 304 g/mol. The lowest BCUT2D eigenvalue weighted by Crippen LogP contribution is -2.08. The van der Waals surface area contributed by atoms with E-state index in [1.807, 2.05) is 0 Å². The molecule has 0 bridgehead atoms. The highest BCUT2D eigenvalue weighted by Crippen LogP contribution is 2.34. The summed E-state index contributed by atoms with van der Waals surface area (Å²) in [6.07, 6.45) is -4.73. The maximum Gasteiger partial charge on any atom is 0.419 e. The second-order valence-electron chi connectivity index (χ2n) is 3.91. The van der Waals surface area contributed by atoms with Crippen molar-refractivity contribution >= 4 is 22.4 Å². The Balaban J connectivity index is 2.32. The van der Waals surface area contributed by atoms with E-state index in [0.717, 1.165) is 23.5 Å². The molecule has 106 valence electrons. The highest BCUT2D eigenvalue weighted by atomic mass is 32.1. The van der Waals surface area contributed by atoms with Crippen LogP contribution < -0.4 is 5.32 Å². The van der Waals surface area contributed by atoms with E-state index in [1.54, 1.807) is 0 Å². The zero-order valence-corrected chi connectivity index (χ0v) is 10.9. The fourth-order valence-corrected chi connectivity index (χ4v) is 2.28. The summed E-state index contributed by atoms with van der Waals surface area (Å²) in [5.41, 5.74) is -0.812. The normalized spacial score (nSPS) is 11.4. The third-order valence-electron chi connectivity index (χ3n) is 2.36. The standard InChI is InChI=1S/C12H8F4N2OS/c1-6(19)17-11-18-10(5-20-11)7-2-3-8(9(13)4-7)12(14,15)16/h2-5H,1H3,(H,17,18,19). The van der Waals surface area contributed by atoms with Gasteiger partial charge in [0.15, 0.2) is 5.13 Å². The first-order valence-electron chi connectivity index (χ1n) is 5.37. The predicted molar refractivity (Wildman–Crippen MR) is 66.8 cm³/mol. The van der Waals surface area contributed by atoms with E-state index in [0.29, 0.717) is 16.9 Å². The van der Waals surface area contributed by atoms with Crippen molar-refractivity contribution in [1.82, 2.24) is 4.98 Å². The van der Waals surface area contributed by atoms with Gasteiger partial charge in [0, 0.05) is 17.9 Å². The smallest absolute Gasteiger partial charge is 0.302 e. The van der Waals surface area contributed by atoms with Crippen LogP contribution >= 0.6 is 11.3 Å². The van der Waals surface area contributed by atoms with Crippen LogP contribution in [0.3, 0.4) is 0 Å². The topological polar surface area (TPSA) is 42.0 Å². The molecular formula is C12H8F4N2OS. The number of anilines is 1. The van der Waals surface area contributed by atoms with Crippen LogP contribution in [0.15, 0.2) is 23.6 Å². The molecule has 0 fully saturated rings. The van der Waals surface area contributed by atoms with Gasteiger partial charge in [0.2, 0.25) is 5.91 Å². The zero-order valence-electron chi connectivity index (χ0n) is 10.1. The molecule has 0 aliphatic carbocycles. The molecular weight excluding hydrogens is 296 g/mol. The number of rotatable bonds is 2. The molecule has 0 aliphatic heterocycles. The second-order valence-corrected chi connectivity index (χ2v) is 4.77. The van der Waals surface area contributed by atoms with E-state index in [9.17, 15) is 22.4 Å². The molecule has 0 saturated carbocycles. The van der Waals surface area contributed by atoms with Crippen molar-refractivity contribution in [3.63, 3.8) is 0 Å². The summed E-state index contributed by atoms with van der Waals surface area (Å²) in [7, 11) is 0. The van der Waals surface area contributed by atoms with Crippen molar-refractivity contribution in [1.29, 1.82) is 0 Å². The highest BCUT2D eigenvalue weighted by molar-refractivity contribution is 7.14. The SMILES string of the molecule is CC(=O)Nc1nc(-c2ccc(C(F)(F)F)c(F)c2)cs1. The summed E-state index contributed by atoms with van der Waals surface area (Å²) in [6.45, 7) is 1.30. The van der Waals surface area contributed by atoms with Crippen molar-refractivity contribution in [3.8, 4) is 11.3 Å². The first-order chi connectivity index (χ1) is 9.27. The van der Waals surface area contributed by atoms with E-state index in [2.05, 4.69) is 10.3 Å². The summed E-state index contributed by atoms with van der Waals surface area (Å²) in [5, 5.41) is 4.26. The Morgan fingerprint density at radius 3 is 2.60 bits per heavy atom. The molecule has 1 N–H and O–H groups in total. The molecule has 2 rings (SSSR count). The number of thiazole rings is 1. The van der Waals surface area contributed by atoms with Crippen molar-refractivity contribution < 1.29 is 22.4 Å². The average molecular weight is 304 g/mol. The number of halogens is 4. The van der Waals surface area contributed by atoms with Crippen LogP contribution in [0.4, 0.5) is 22.7 Å². The van der Waals surface area contributed by atoms with Crippen LogP contribution in [0, 0.1) is 5.82 Å². The Morgan fingerprint density at radius 1 is 1.35 bits per heavy atom. The predicted octanol–water partition coefficient (Wildman–Crippen LogP) is 3.93. The lowest BCUT2D eigenvalue weighted by molar-refractivity contribution is -0.140. The fourth-order valence-electron chi connectivity index (χ4n) is 1.52. The van der Waals surface area contributed by atoms with E-state index in [-0.39, 0.29) is 11.5 Å². The van der Waals surface area contributed by atoms with E-state index in [1.165, 1.54) is 12.3 Å². The fraction of sp³-hybridized carbons (Fsp3) is 0.167. The third-order valence-corrected chi connectivity index (χ3v) is 3.12. The van der Waals surface area contributed by atoms with Gasteiger partial charge >= 0.3 is 6.18 Å². The number of amides is 1. The third kappa shape index (κ3) is 3.13. The molecule has 0 unspecified atom stereocenters. The van der Waals surface area contributed by atoms with Gasteiger partial charge in [-0.1, -0.05) is 6.07 Å². The number of nitrogens with one attached hydrogen (secondary N) is 1. The first-order valence-corrected chi connectivity index (χ1v) is 6.25. The molecule has 0 spiro atoms. The van der Waals surface area contributed by atoms with Gasteiger partial charge in [-0.3, -0.25) is 4.79 Å². The summed E-state index contributed by atoms with van der Waals surface area (Å²) in [4.78, 5) is 14.8. The van der Waals surface area contributed by atoms with Gasteiger partial charge < -0.3 is 5.32 Å². The maximum absolute atomic E-state index is 13.4. The van der Waals surface area contributed by atoms with E-state index in [4.69, 9.17) is 0 Å². The van der Waals surface area contributed by atoms with Gasteiger partial charge in [-0.2, -0.15) is 13.2 Å². The molecule has 1 amide bonds. The van der Waals surface area contributed by atoms with Crippen LogP contribution in [0.25, 0.3) is 11.3 Å². The van der Waals surface area contributed by atoms with Crippen molar-refractivity contribution in [2.24, 2.45) is 0 Å². The zero-order chi connectivity index (χ0) is 14.9. The van der Waals surface area contributed by atoms with Crippen LogP contribution in [-0.4, -0.2) is 10.9 Å². The Hall–Kier alpha value is -1.96. The Labute approximate surface area is 115 Å². The Morgan fingerprint density at radius 2 is 2.05 bits per heavy atom. The molecule has 3 nitrogen and oxygen atoms in total. The second kappa shape index (κ2) is 5.20. The van der Waals surface area contributed by atoms with Crippen LogP contribution in [0.2, 0.25) is 0 Å². The molecule has 0 saturated heterocycles. The van der Waals surface area contributed by atoms with Crippen molar-refractivity contribution in [2.45, 2.75) is 13.1 Å². The molecule has 2 aromatic rings. The summed E-state index contributed by atoms with van der Waals surface area (Å²) in [5.74, 6) is -1.67. The maximum atomic E-state index is 13.4. The van der Waals surface area contributed by atoms with Gasteiger partial charge in [-0.15, -0.1) is 11.3 Å². The van der Waals surface area contributed by atoms with Gasteiger partial charge in [-0.25, -0.2) is 9.37 Å². The largest absolute Gasteiger partial charge is 0.419 e. The molecule has 20 heavy (non-hydrogen) atoms. The number of aromatic nitrogens is 1. The lowest BCUT2D eigenvalue weighted by atomic mass is 10.1. The van der Waals surface area contributed by atoms with Gasteiger partial charge in [0.05, 0.1) is 11.3 Å². The van der Waals surface area contributed by atoms with E-state index < -0.39 is 17.6 Å². The van der Waals surface area contributed by atoms with Gasteiger partial charge in [0.25, 0.3) is 0 Å². The average Bonchev–Trinajstić information content (AvgIpc) is 2.74. The number of nitrogens with zero attached hydrogens (tertiary/aromatic N) is 1. The van der Waals surface area contributed by atoms with Gasteiger partial charge in [0.1, 0.15) is 5.82 Å². The van der Waals surface area contributed by atoms with E-state index >= 15 is 0 Å². The number of carbonyl (C=O) groups excluding carboxylic acids is 1. The molecule has 8 heteroatoms. The van der Waals surface area contributed by atoms with Crippen LogP contribution in [-0.2, 0) is 11.0 Å². The minimum absolute atomic E-state index is 0.211. The van der Waals surface area contributed by atoms with Crippen LogP contribution in [0.5, 0.6) is 0 Å². The first kappa shape index (κ1) is 14.4. The highest BCUT2D eigenvalue weighted by Gasteiger charge is 2.34. The number of hydrogen-bond acceptors (Lipinski definition) is 3. The quantitative estimate of drug-likeness (QED) is 0.854. The molecule has 1 aromatic carbocycles. The molecule has 0 aliphatic rings. The van der Waals surface area contributed by atoms with Crippen molar-refractivity contribution in [3.05, 3.63) is 35.0 Å². The Bertz CT molecular complexity index is 651. The minimum Gasteiger partial charge on any atom is -0.302 e. The molecule has 1 aromatic heterocycles. The van der Waals surface area contributed by atoms with Gasteiger partial charge in [-0.05, 0) is 12.1 Å². The molecule has 0 radical (unpaired) electrons. The van der Waals surface area contributed by atoms with Crippen LogP contribution in [0.1, 0.15) is 12.5 Å². The molecule has 1 heterocycles. The number of benzene rings is 1. The molecule has 0 atom stereocenters. The summed E-state index contributed by atoms with van der Waals surface area (Å²) in [6, 6.07) is 2.58. The summed E-state index contributed by atoms with van der Waals surface area (Å²) >= 11 is 1.10. The number of carbonyl (C=O) groups is 1. The number of hydrogen-bond donors (Lipinski definition) is 1.